The Balaban J connectivity index is 1.60. The molecular weight excluding hydrogens is 316 g/mol. The summed E-state index contributed by atoms with van der Waals surface area (Å²) in [6, 6.07) is 10.8. The van der Waals surface area contributed by atoms with E-state index in [0.717, 1.165) is 30.6 Å². The summed E-state index contributed by atoms with van der Waals surface area (Å²) in [7, 11) is 0. The topological polar surface area (TPSA) is 74.3 Å². The summed E-state index contributed by atoms with van der Waals surface area (Å²) in [6.45, 7) is 2.78. The molecule has 1 aromatic carbocycles. The molecule has 0 aliphatic carbocycles. The number of carbonyl (C=O) groups excluding carboxylic acids is 2. The molecule has 0 bridgehead atoms. The molecule has 6 nitrogen and oxygen atoms in total. The van der Waals surface area contributed by atoms with Crippen LogP contribution in [0.2, 0.25) is 0 Å². The summed E-state index contributed by atoms with van der Waals surface area (Å²) in [5.41, 5.74) is 2.59. The minimum atomic E-state index is -0.256. The van der Waals surface area contributed by atoms with Crippen LogP contribution >= 0.6 is 0 Å². The number of hydrogen-bond donors (Lipinski definition) is 2. The van der Waals surface area contributed by atoms with Gasteiger partial charge in [-0.05, 0) is 54.8 Å². The van der Waals surface area contributed by atoms with Gasteiger partial charge in [0.1, 0.15) is 0 Å². The Morgan fingerprint density at radius 1 is 1.20 bits per heavy atom. The third-order valence-electron chi connectivity index (χ3n) is 4.33. The van der Waals surface area contributed by atoms with Crippen LogP contribution in [0.25, 0.3) is 0 Å². The van der Waals surface area contributed by atoms with E-state index < -0.39 is 0 Å². The fraction of sp³-hybridized carbons (Fsp3) is 0.316. The molecule has 2 heterocycles. The molecule has 1 aliphatic heterocycles. The van der Waals surface area contributed by atoms with Gasteiger partial charge in [0.15, 0.2) is 0 Å². The largest absolute Gasteiger partial charge is 0.331 e. The van der Waals surface area contributed by atoms with Crippen molar-refractivity contribution in [2.24, 2.45) is 0 Å². The van der Waals surface area contributed by atoms with Crippen LogP contribution in [0, 0.1) is 0 Å². The average molecular weight is 338 g/mol. The molecule has 130 valence electrons. The molecule has 1 aliphatic rings. The van der Waals surface area contributed by atoms with Crippen molar-refractivity contribution in [2.45, 2.75) is 32.2 Å². The highest BCUT2D eigenvalue weighted by Crippen LogP contribution is 2.23. The monoisotopic (exact) mass is 338 g/mol. The molecule has 3 amide bonds. The molecule has 0 saturated carbocycles. The molecule has 0 spiro atoms. The Hall–Kier alpha value is -2.89. The summed E-state index contributed by atoms with van der Waals surface area (Å²) < 4.78 is 0. The molecule has 3 rings (SSSR count). The van der Waals surface area contributed by atoms with Gasteiger partial charge in [-0.2, -0.15) is 0 Å². The predicted molar refractivity (Wildman–Crippen MR) is 97.5 cm³/mol. The lowest BCUT2D eigenvalue weighted by Gasteiger charge is -2.18. The third kappa shape index (κ3) is 4.15. The number of anilines is 2. The summed E-state index contributed by atoms with van der Waals surface area (Å²) >= 11 is 0. The lowest BCUT2D eigenvalue weighted by Crippen LogP contribution is -2.32. The van der Waals surface area contributed by atoms with Crippen molar-refractivity contribution < 1.29 is 9.59 Å². The number of carbonyl (C=O) groups is 2. The van der Waals surface area contributed by atoms with Crippen LogP contribution in [-0.4, -0.2) is 23.5 Å². The smallest absolute Gasteiger partial charge is 0.319 e. The highest BCUT2D eigenvalue weighted by molar-refractivity contribution is 5.96. The molecule has 1 aromatic heterocycles. The quantitative estimate of drug-likeness (QED) is 0.876. The Morgan fingerprint density at radius 2 is 1.92 bits per heavy atom. The van der Waals surface area contributed by atoms with Crippen LogP contribution in [0.3, 0.4) is 0 Å². The van der Waals surface area contributed by atoms with E-state index in [1.54, 1.807) is 17.3 Å². The van der Waals surface area contributed by atoms with Crippen molar-refractivity contribution in [1.29, 1.82) is 0 Å². The molecule has 1 fully saturated rings. The molecule has 2 aromatic rings. The van der Waals surface area contributed by atoms with Crippen LogP contribution in [0.15, 0.2) is 48.8 Å². The highest BCUT2D eigenvalue weighted by Gasteiger charge is 2.21. The zero-order valence-corrected chi connectivity index (χ0v) is 14.2. The number of amides is 3. The van der Waals surface area contributed by atoms with Gasteiger partial charge < -0.3 is 15.5 Å². The first-order chi connectivity index (χ1) is 12.2. The van der Waals surface area contributed by atoms with Crippen LogP contribution < -0.4 is 15.5 Å². The Kier molecular flexibility index (Phi) is 5.28. The third-order valence-corrected chi connectivity index (χ3v) is 4.33. The Labute approximate surface area is 147 Å². The van der Waals surface area contributed by atoms with Crippen molar-refractivity contribution in [3.63, 3.8) is 0 Å². The number of urea groups is 1. The van der Waals surface area contributed by atoms with Crippen molar-refractivity contribution >= 4 is 23.3 Å². The molecular formula is C19H22N4O2. The molecule has 1 unspecified atom stereocenters. The summed E-state index contributed by atoms with van der Waals surface area (Å²) in [6.07, 6.45) is 5.73. The summed E-state index contributed by atoms with van der Waals surface area (Å²) in [5.74, 6) is 0.154. The van der Waals surface area contributed by atoms with Gasteiger partial charge in [0.05, 0.1) is 6.04 Å². The zero-order chi connectivity index (χ0) is 17.6. The van der Waals surface area contributed by atoms with E-state index in [9.17, 15) is 9.59 Å². The molecule has 25 heavy (non-hydrogen) atoms. The highest BCUT2D eigenvalue weighted by atomic mass is 16.2. The lowest BCUT2D eigenvalue weighted by atomic mass is 10.1. The van der Waals surface area contributed by atoms with Crippen molar-refractivity contribution in [1.82, 2.24) is 10.3 Å². The van der Waals surface area contributed by atoms with E-state index in [2.05, 4.69) is 15.6 Å². The van der Waals surface area contributed by atoms with E-state index in [4.69, 9.17) is 0 Å². The number of benzene rings is 1. The van der Waals surface area contributed by atoms with Crippen LogP contribution in [-0.2, 0) is 4.79 Å². The van der Waals surface area contributed by atoms with Crippen LogP contribution in [0.5, 0.6) is 0 Å². The SMILES string of the molecule is CCC(NC(=O)Nc1ccc(N2CCCC2=O)cc1)c1ccncc1. The normalized spacial score (nSPS) is 15.1. The zero-order valence-electron chi connectivity index (χ0n) is 14.2. The first-order valence-electron chi connectivity index (χ1n) is 8.55. The second-order valence-corrected chi connectivity index (χ2v) is 6.04. The van der Waals surface area contributed by atoms with Gasteiger partial charge in [0, 0.05) is 36.7 Å². The number of pyridine rings is 1. The minimum Gasteiger partial charge on any atom is -0.331 e. The van der Waals surface area contributed by atoms with Gasteiger partial charge in [0.2, 0.25) is 5.91 Å². The van der Waals surface area contributed by atoms with E-state index >= 15 is 0 Å². The van der Waals surface area contributed by atoms with Gasteiger partial charge in [-0.1, -0.05) is 6.92 Å². The van der Waals surface area contributed by atoms with Crippen molar-refractivity contribution in [3.8, 4) is 0 Å². The van der Waals surface area contributed by atoms with Gasteiger partial charge in [-0.25, -0.2) is 4.79 Å². The summed E-state index contributed by atoms with van der Waals surface area (Å²) in [5, 5.41) is 5.80. The van der Waals surface area contributed by atoms with Gasteiger partial charge in [0.25, 0.3) is 0 Å². The number of rotatable bonds is 5. The van der Waals surface area contributed by atoms with Crippen LogP contribution in [0.4, 0.5) is 16.2 Å². The van der Waals surface area contributed by atoms with Crippen molar-refractivity contribution in [2.75, 3.05) is 16.8 Å². The maximum absolute atomic E-state index is 12.2. The minimum absolute atomic E-state index is 0.0653. The van der Waals surface area contributed by atoms with Gasteiger partial charge in [-0.15, -0.1) is 0 Å². The molecule has 6 heteroatoms. The summed E-state index contributed by atoms with van der Waals surface area (Å²) in [4.78, 5) is 29.8. The Bertz CT molecular complexity index is 731. The van der Waals surface area contributed by atoms with E-state index in [1.807, 2.05) is 43.3 Å². The number of nitrogens with one attached hydrogen (secondary N) is 2. The van der Waals surface area contributed by atoms with Crippen molar-refractivity contribution in [3.05, 3.63) is 54.4 Å². The number of nitrogens with zero attached hydrogens (tertiary/aromatic N) is 2. The Morgan fingerprint density at radius 3 is 2.52 bits per heavy atom. The number of aromatic nitrogens is 1. The molecule has 2 N–H and O–H groups in total. The van der Waals surface area contributed by atoms with Gasteiger partial charge >= 0.3 is 6.03 Å². The van der Waals surface area contributed by atoms with E-state index in [-0.39, 0.29) is 18.0 Å². The van der Waals surface area contributed by atoms with Crippen LogP contribution in [0.1, 0.15) is 37.8 Å². The second kappa shape index (κ2) is 7.79. The lowest BCUT2D eigenvalue weighted by molar-refractivity contribution is -0.117. The maximum Gasteiger partial charge on any atom is 0.319 e. The predicted octanol–water partition coefficient (Wildman–Crippen LogP) is 3.48. The second-order valence-electron chi connectivity index (χ2n) is 6.04. The maximum atomic E-state index is 12.2. The fourth-order valence-electron chi connectivity index (χ4n) is 2.99. The molecule has 1 saturated heterocycles. The fourth-order valence-corrected chi connectivity index (χ4v) is 2.99. The molecule has 0 radical (unpaired) electrons. The standard InChI is InChI=1S/C19H22N4O2/c1-2-17(14-9-11-20-12-10-14)22-19(25)21-15-5-7-16(8-6-15)23-13-3-4-18(23)24/h5-12,17H,2-4,13H2,1H3,(H2,21,22,25). The molecule has 1 atom stereocenters. The average Bonchev–Trinajstić information content (AvgIpc) is 3.07. The first kappa shape index (κ1) is 17.0. The number of hydrogen-bond acceptors (Lipinski definition) is 3. The van der Waals surface area contributed by atoms with E-state index in [0.29, 0.717) is 12.1 Å². The van der Waals surface area contributed by atoms with E-state index in [1.165, 1.54) is 0 Å². The first-order valence-corrected chi connectivity index (χ1v) is 8.55. The van der Waals surface area contributed by atoms with Gasteiger partial charge in [-0.3, -0.25) is 9.78 Å².